The predicted octanol–water partition coefficient (Wildman–Crippen LogP) is 5.18. The molecule has 0 aliphatic heterocycles. The molecule has 0 atom stereocenters. The van der Waals surface area contributed by atoms with Crippen LogP contribution in [0.2, 0.25) is 5.02 Å². The molecule has 0 saturated carbocycles. The Morgan fingerprint density at radius 3 is 2.42 bits per heavy atom. The fraction of sp³-hybridized carbons (Fsp3) is 0.0952. The molecule has 0 saturated heterocycles. The van der Waals surface area contributed by atoms with Crippen molar-refractivity contribution >= 4 is 23.2 Å². The number of hydrogen-bond donors (Lipinski definition) is 1. The molecule has 3 rings (SSSR count). The third-order valence-corrected chi connectivity index (χ3v) is 4.07. The topological polar surface area (TPSA) is 47.6 Å². The molecular weight excluding hydrogens is 350 g/mol. The summed E-state index contributed by atoms with van der Waals surface area (Å²) in [5, 5.41) is 3.26. The minimum Gasteiger partial charge on any atom is -0.495 e. The van der Waals surface area contributed by atoms with Crippen molar-refractivity contribution in [2.45, 2.75) is 6.61 Å². The molecule has 0 aliphatic carbocycles. The van der Waals surface area contributed by atoms with Crippen LogP contribution in [0.1, 0.15) is 15.9 Å². The van der Waals surface area contributed by atoms with Gasteiger partial charge in [-0.05, 0) is 35.9 Å². The predicted molar refractivity (Wildman–Crippen MR) is 103 cm³/mol. The van der Waals surface area contributed by atoms with E-state index in [2.05, 4.69) is 5.32 Å². The summed E-state index contributed by atoms with van der Waals surface area (Å²) in [5.74, 6) is 0.805. The second-order valence-corrected chi connectivity index (χ2v) is 5.98. The second kappa shape index (κ2) is 8.41. The number of nitrogens with one attached hydrogen (secondary N) is 1. The van der Waals surface area contributed by atoms with E-state index in [0.29, 0.717) is 34.4 Å². The zero-order valence-corrected chi connectivity index (χ0v) is 15.0. The van der Waals surface area contributed by atoms with Gasteiger partial charge in [0.2, 0.25) is 0 Å². The lowest BCUT2D eigenvalue weighted by Gasteiger charge is -2.12. The van der Waals surface area contributed by atoms with Crippen molar-refractivity contribution in [1.82, 2.24) is 0 Å². The lowest BCUT2D eigenvalue weighted by atomic mass is 10.1. The zero-order valence-electron chi connectivity index (χ0n) is 14.2. The van der Waals surface area contributed by atoms with E-state index in [-0.39, 0.29) is 5.91 Å². The molecule has 5 heteroatoms. The first-order valence-electron chi connectivity index (χ1n) is 8.08. The molecule has 1 amide bonds. The van der Waals surface area contributed by atoms with Gasteiger partial charge in [0.1, 0.15) is 18.1 Å². The highest BCUT2D eigenvalue weighted by Crippen LogP contribution is 2.28. The molecule has 0 bridgehead atoms. The molecule has 0 aliphatic rings. The van der Waals surface area contributed by atoms with Gasteiger partial charge in [-0.1, -0.05) is 54.1 Å². The minimum atomic E-state index is -0.269. The number of carbonyl (C=O) groups is 1. The highest BCUT2D eigenvalue weighted by Gasteiger charge is 2.13. The van der Waals surface area contributed by atoms with Crippen molar-refractivity contribution in [1.29, 1.82) is 0 Å². The van der Waals surface area contributed by atoms with E-state index in [0.717, 1.165) is 5.56 Å². The summed E-state index contributed by atoms with van der Waals surface area (Å²) in [6.07, 6.45) is 0. The van der Waals surface area contributed by atoms with Crippen LogP contribution in [-0.4, -0.2) is 13.0 Å². The van der Waals surface area contributed by atoms with Gasteiger partial charge in [0, 0.05) is 5.69 Å². The Morgan fingerprint density at radius 2 is 1.69 bits per heavy atom. The van der Waals surface area contributed by atoms with Crippen LogP contribution in [-0.2, 0) is 6.61 Å². The van der Waals surface area contributed by atoms with Gasteiger partial charge in [0.05, 0.1) is 17.7 Å². The fourth-order valence-corrected chi connectivity index (χ4v) is 2.72. The molecule has 132 valence electrons. The van der Waals surface area contributed by atoms with E-state index in [1.54, 1.807) is 43.5 Å². The van der Waals surface area contributed by atoms with Crippen LogP contribution in [0.25, 0.3) is 0 Å². The zero-order chi connectivity index (χ0) is 18.4. The van der Waals surface area contributed by atoms with Gasteiger partial charge in [0.15, 0.2) is 0 Å². The maximum Gasteiger partial charge on any atom is 0.259 e. The first-order chi connectivity index (χ1) is 12.7. The molecule has 26 heavy (non-hydrogen) atoms. The van der Waals surface area contributed by atoms with Crippen molar-refractivity contribution in [2.24, 2.45) is 0 Å². The van der Waals surface area contributed by atoms with E-state index in [4.69, 9.17) is 21.1 Å². The summed E-state index contributed by atoms with van der Waals surface area (Å²) >= 11 is 6.11. The Bertz CT molecular complexity index is 897. The second-order valence-electron chi connectivity index (χ2n) is 5.57. The Labute approximate surface area is 157 Å². The Hall–Kier alpha value is -2.98. The third kappa shape index (κ3) is 4.35. The van der Waals surface area contributed by atoms with Crippen molar-refractivity contribution in [2.75, 3.05) is 12.4 Å². The molecule has 4 nitrogen and oxygen atoms in total. The number of halogens is 1. The van der Waals surface area contributed by atoms with Gasteiger partial charge in [-0.15, -0.1) is 0 Å². The van der Waals surface area contributed by atoms with Crippen LogP contribution in [0.5, 0.6) is 11.5 Å². The number of anilines is 1. The quantitative estimate of drug-likeness (QED) is 0.653. The number of carbonyl (C=O) groups excluding carboxylic acids is 1. The fourth-order valence-electron chi connectivity index (χ4n) is 2.46. The largest absolute Gasteiger partial charge is 0.495 e. The van der Waals surface area contributed by atoms with Crippen molar-refractivity contribution in [3.8, 4) is 11.5 Å². The van der Waals surface area contributed by atoms with Crippen molar-refractivity contribution in [3.63, 3.8) is 0 Å². The van der Waals surface area contributed by atoms with Crippen molar-refractivity contribution in [3.05, 3.63) is 88.9 Å². The average Bonchev–Trinajstić information content (AvgIpc) is 2.67. The van der Waals surface area contributed by atoms with Crippen LogP contribution in [0, 0.1) is 0 Å². The summed E-state index contributed by atoms with van der Waals surface area (Å²) in [4.78, 5) is 12.6. The summed E-state index contributed by atoms with van der Waals surface area (Å²) in [6.45, 7) is 0.388. The SMILES string of the molecule is COc1ccc(NC(=O)c2ccccc2OCc2ccccc2)cc1Cl. The normalized spacial score (nSPS) is 10.2. The molecule has 3 aromatic carbocycles. The van der Waals surface area contributed by atoms with E-state index in [1.165, 1.54) is 0 Å². The summed E-state index contributed by atoms with van der Waals surface area (Å²) in [7, 11) is 1.54. The number of methoxy groups -OCH3 is 1. The maximum atomic E-state index is 12.6. The number of ether oxygens (including phenoxy) is 2. The van der Waals surface area contributed by atoms with E-state index in [1.807, 2.05) is 36.4 Å². The molecule has 0 fully saturated rings. The highest BCUT2D eigenvalue weighted by atomic mass is 35.5. The smallest absolute Gasteiger partial charge is 0.259 e. The van der Waals surface area contributed by atoms with E-state index >= 15 is 0 Å². The standard InChI is InChI=1S/C21H18ClNO3/c1-25-20-12-11-16(13-18(20)22)23-21(24)17-9-5-6-10-19(17)26-14-15-7-3-2-4-8-15/h2-13H,14H2,1H3,(H,23,24). The van der Waals surface area contributed by atoms with Crippen LogP contribution in [0.4, 0.5) is 5.69 Å². The lowest BCUT2D eigenvalue weighted by Crippen LogP contribution is -2.13. The molecule has 0 unspecified atom stereocenters. The van der Waals surface area contributed by atoms with Gasteiger partial charge >= 0.3 is 0 Å². The molecule has 0 heterocycles. The Kier molecular flexibility index (Phi) is 5.77. The summed E-state index contributed by atoms with van der Waals surface area (Å²) in [5.41, 5.74) is 2.07. The molecular formula is C21H18ClNO3. The van der Waals surface area contributed by atoms with Crippen LogP contribution in [0.15, 0.2) is 72.8 Å². The Balaban J connectivity index is 1.74. The summed E-state index contributed by atoms with van der Waals surface area (Å²) in [6, 6.07) is 22.0. The van der Waals surface area contributed by atoms with E-state index in [9.17, 15) is 4.79 Å². The monoisotopic (exact) mass is 367 g/mol. The van der Waals surface area contributed by atoms with Gasteiger partial charge < -0.3 is 14.8 Å². The third-order valence-electron chi connectivity index (χ3n) is 3.78. The number of hydrogen-bond acceptors (Lipinski definition) is 3. The number of amides is 1. The Morgan fingerprint density at radius 1 is 0.962 bits per heavy atom. The maximum absolute atomic E-state index is 12.6. The molecule has 1 N–H and O–H groups in total. The van der Waals surface area contributed by atoms with Crippen molar-refractivity contribution < 1.29 is 14.3 Å². The van der Waals surface area contributed by atoms with E-state index < -0.39 is 0 Å². The average molecular weight is 368 g/mol. The molecule has 0 radical (unpaired) electrons. The van der Waals surface area contributed by atoms with Gasteiger partial charge in [0.25, 0.3) is 5.91 Å². The lowest BCUT2D eigenvalue weighted by molar-refractivity contribution is 0.102. The van der Waals surface area contributed by atoms with Gasteiger partial charge in [-0.25, -0.2) is 0 Å². The highest BCUT2D eigenvalue weighted by molar-refractivity contribution is 6.32. The first kappa shape index (κ1) is 17.8. The number of para-hydroxylation sites is 1. The van der Waals surface area contributed by atoms with Crippen LogP contribution >= 0.6 is 11.6 Å². The molecule has 3 aromatic rings. The van der Waals surface area contributed by atoms with Crippen LogP contribution in [0.3, 0.4) is 0 Å². The van der Waals surface area contributed by atoms with Gasteiger partial charge in [-0.2, -0.15) is 0 Å². The molecule has 0 spiro atoms. The summed E-state index contributed by atoms with van der Waals surface area (Å²) < 4.78 is 11.0. The number of benzene rings is 3. The first-order valence-corrected chi connectivity index (χ1v) is 8.46. The minimum absolute atomic E-state index is 0.269. The number of rotatable bonds is 6. The molecule has 0 aromatic heterocycles. The van der Waals surface area contributed by atoms with Gasteiger partial charge in [-0.3, -0.25) is 4.79 Å². The van der Waals surface area contributed by atoms with Crippen LogP contribution < -0.4 is 14.8 Å².